The van der Waals surface area contributed by atoms with Gasteiger partial charge in [0.25, 0.3) is 0 Å². The Morgan fingerprint density at radius 2 is 1.83 bits per heavy atom. The SMILES string of the molecule is COC(=O)N1[C@@H](CO[C@H]2CC[C@@H](c3ccccc3)CC2)[C@@H](NS(C)(=O)=O)CC12CC2. The first kappa shape index (κ1) is 21.6. The summed E-state index contributed by atoms with van der Waals surface area (Å²) in [4.78, 5) is 14.3. The van der Waals surface area contributed by atoms with Crippen LogP contribution in [0, 0.1) is 0 Å². The van der Waals surface area contributed by atoms with Crippen LogP contribution in [0.1, 0.15) is 56.4 Å². The van der Waals surface area contributed by atoms with Gasteiger partial charge in [0, 0.05) is 11.6 Å². The van der Waals surface area contributed by atoms with Gasteiger partial charge in [-0.25, -0.2) is 17.9 Å². The molecule has 1 amide bonds. The minimum absolute atomic E-state index is 0.138. The zero-order valence-corrected chi connectivity index (χ0v) is 18.6. The van der Waals surface area contributed by atoms with E-state index in [0.717, 1.165) is 44.8 Å². The molecule has 30 heavy (non-hydrogen) atoms. The van der Waals surface area contributed by atoms with E-state index in [1.54, 1.807) is 4.90 Å². The smallest absolute Gasteiger partial charge is 0.410 e. The summed E-state index contributed by atoms with van der Waals surface area (Å²) in [6.45, 7) is 0.324. The number of carbonyl (C=O) groups excluding carboxylic acids is 1. The maximum atomic E-state index is 12.5. The van der Waals surface area contributed by atoms with Gasteiger partial charge in [0.1, 0.15) is 0 Å². The summed E-state index contributed by atoms with van der Waals surface area (Å²) in [5.74, 6) is 0.568. The highest BCUT2D eigenvalue weighted by atomic mass is 32.2. The van der Waals surface area contributed by atoms with Crippen LogP contribution in [0.25, 0.3) is 0 Å². The fraction of sp³-hybridized carbons (Fsp3) is 0.682. The van der Waals surface area contributed by atoms with Gasteiger partial charge in [0.15, 0.2) is 0 Å². The average Bonchev–Trinajstić information content (AvgIpc) is 3.43. The first-order chi connectivity index (χ1) is 14.3. The molecular formula is C22H32N2O5S. The van der Waals surface area contributed by atoms with Gasteiger partial charge in [-0.2, -0.15) is 0 Å². The van der Waals surface area contributed by atoms with Crippen molar-refractivity contribution in [3.8, 4) is 0 Å². The lowest BCUT2D eigenvalue weighted by molar-refractivity contribution is -0.0107. The molecule has 1 heterocycles. The summed E-state index contributed by atoms with van der Waals surface area (Å²) >= 11 is 0. The number of amides is 1. The second-order valence-electron chi connectivity index (χ2n) is 9.05. The van der Waals surface area contributed by atoms with Crippen molar-refractivity contribution in [2.24, 2.45) is 0 Å². The van der Waals surface area contributed by atoms with Crippen molar-refractivity contribution >= 4 is 16.1 Å². The zero-order chi connectivity index (χ0) is 21.4. The molecule has 1 aromatic rings. The molecule has 0 aromatic heterocycles. The van der Waals surface area contributed by atoms with Gasteiger partial charge in [-0.15, -0.1) is 0 Å². The van der Waals surface area contributed by atoms with Crippen LogP contribution in [0.15, 0.2) is 30.3 Å². The molecule has 3 fully saturated rings. The molecule has 1 N–H and O–H groups in total. The van der Waals surface area contributed by atoms with E-state index in [9.17, 15) is 13.2 Å². The topological polar surface area (TPSA) is 84.9 Å². The molecule has 8 heteroatoms. The first-order valence-electron chi connectivity index (χ1n) is 10.8. The predicted molar refractivity (Wildman–Crippen MR) is 114 cm³/mol. The van der Waals surface area contributed by atoms with Gasteiger partial charge in [-0.05, 0) is 56.4 Å². The minimum Gasteiger partial charge on any atom is -0.453 e. The number of hydrogen-bond acceptors (Lipinski definition) is 5. The van der Waals surface area contributed by atoms with E-state index in [-0.39, 0.29) is 23.7 Å². The van der Waals surface area contributed by atoms with Crippen LogP contribution in [0.4, 0.5) is 4.79 Å². The summed E-state index contributed by atoms with van der Waals surface area (Å²) in [7, 11) is -2.01. The zero-order valence-electron chi connectivity index (χ0n) is 17.7. The van der Waals surface area contributed by atoms with E-state index < -0.39 is 16.1 Å². The Kier molecular flexibility index (Phi) is 6.10. The summed E-state index contributed by atoms with van der Waals surface area (Å²) in [6, 6.07) is 9.90. The van der Waals surface area contributed by atoms with Crippen molar-refractivity contribution in [1.29, 1.82) is 0 Å². The van der Waals surface area contributed by atoms with Crippen LogP contribution < -0.4 is 4.72 Å². The lowest BCUT2D eigenvalue weighted by atomic mass is 9.83. The molecule has 4 rings (SSSR count). The quantitative estimate of drug-likeness (QED) is 0.741. The van der Waals surface area contributed by atoms with E-state index in [4.69, 9.17) is 9.47 Å². The highest BCUT2D eigenvalue weighted by Crippen LogP contribution is 2.52. The molecule has 0 radical (unpaired) electrons. The lowest BCUT2D eigenvalue weighted by Gasteiger charge is -2.33. The Hall–Kier alpha value is -1.64. The third-order valence-corrected chi connectivity index (χ3v) is 7.65. The van der Waals surface area contributed by atoms with Gasteiger partial charge in [-0.3, -0.25) is 4.90 Å². The number of benzene rings is 1. The molecule has 2 atom stereocenters. The fourth-order valence-corrected chi connectivity index (χ4v) is 6.09. The van der Waals surface area contributed by atoms with Gasteiger partial charge in [-0.1, -0.05) is 30.3 Å². The number of nitrogens with one attached hydrogen (secondary N) is 1. The van der Waals surface area contributed by atoms with E-state index in [0.29, 0.717) is 18.9 Å². The highest BCUT2D eigenvalue weighted by Gasteiger charge is 2.61. The summed E-state index contributed by atoms with van der Waals surface area (Å²) in [6.07, 6.45) is 7.38. The molecule has 0 bridgehead atoms. The summed E-state index contributed by atoms with van der Waals surface area (Å²) < 4.78 is 37.8. The highest BCUT2D eigenvalue weighted by molar-refractivity contribution is 7.88. The summed E-state index contributed by atoms with van der Waals surface area (Å²) in [5.41, 5.74) is 1.10. The van der Waals surface area contributed by atoms with E-state index >= 15 is 0 Å². The molecule has 7 nitrogen and oxygen atoms in total. The maximum Gasteiger partial charge on any atom is 0.410 e. The van der Waals surface area contributed by atoms with Crippen molar-refractivity contribution < 1.29 is 22.7 Å². The Morgan fingerprint density at radius 3 is 2.40 bits per heavy atom. The third kappa shape index (κ3) is 4.65. The molecular weight excluding hydrogens is 404 g/mol. The van der Waals surface area contributed by atoms with Crippen LogP contribution in [0.2, 0.25) is 0 Å². The minimum atomic E-state index is -3.38. The van der Waals surface area contributed by atoms with Gasteiger partial charge in [0.2, 0.25) is 10.0 Å². The van der Waals surface area contributed by atoms with Crippen molar-refractivity contribution in [2.45, 2.75) is 74.6 Å². The third-order valence-electron chi connectivity index (χ3n) is 6.92. The molecule has 1 aliphatic heterocycles. The largest absolute Gasteiger partial charge is 0.453 e. The average molecular weight is 437 g/mol. The van der Waals surface area contributed by atoms with Crippen molar-refractivity contribution in [3.63, 3.8) is 0 Å². The van der Waals surface area contributed by atoms with Crippen molar-refractivity contribution in [3.05, 3.63) is 35.9 Å². The summed E-state index contributed by atoms with van der Waals surface area (Å²) in [5, 5.41) is 0. The van der Waals surface area contributed by atoms with Crippen LogP contribution >= 0.6 is 0 Å². The number of likely N-dealkylation sites (tertiary alicyclic amines) is 1. The van der Waals surface area contributed by atoms with Crippen LogP contribution in [-0.2, 0) is 19.5 Å². The molecule has 3 aliphatic rings. The number of nitrogens with zero attached hydrogens (tertiary/aromatic N) is 1. The number of hydrogen-bond donors (Lipinski definition) is 1. The van der Waals surface area contributed by atoms with E-state index in [1.807, 2.05) is 6.07 Å². The van der Waals surface area contributed by atoms with Crippen LogP contribution in [0.3, 0.4) is 0 Å². The van der Waals surface area contributed by atoms with E-state index in [2.05, 4.69) is 29.0 Å². The lowest BCUT2D eigenvalue weighted by Crippen LogP contribution is -2.51. The number of rotatable bonds is 6. The second kappa shape index (κ2) is 8.48. The molecule has 0 unspecified atom stereocenters. The van der Waals surface area contributed by atoms with Crippen LogP contribution in [-0.4, -0.2) is 63.1 Å². The van der Waals surface area contributed by atoms with Gasteiger partial charge in [0.05, 0.1) is 32.1 Å². The normalized spacial score (nSPS) is 30.4. The monoisotopic (exact) mass is 436 g/mol. The molecule has 1 spiro atoms. The second-order valence-corrected chi connectivity index (χ2v) is 10.8. The van der Waals surface area contributed by atoms with Gasteiger partial charge >= 0.3 is 6.09 Å². The Morgan fingerprint density at radius 1 is 1.17 bits per heavy atom. The molecule has 166 valence electrons. The number of carbonyl (C=O) groups is 1. The van der Waals surface area contributed by atoms with Crippen molar-refractivity contribution in [1.82, 2.24) is 9.62 Å². The fourth-order valence-electron chi connectivity index (χ4n) is 5.30. The Balaban J connectivity index is 1.39. The number of methoxy groups -OCH3 is 1. The molecule has 1 saturated heterocycles. The standard InChI is InChI=1S/C22H32N2O5S/c1-28-21(25)24-20(19(23-30(2,26)27)14-22(24)12-13-22)15-29-18-10-8-17(9-11-18)16-6-4-3-5-7-16/h3-7,17-20,23H,8-15H2,1-2H3/t17-,18+,19-,20-/m0/s1. The van der Waals surface area contributed by atoms with Gasteiger partial charge < -0.3 is 9.47 Å². The maximum absolute atomic E-state index is 12.5. The van der Waals surface area contributed by atoms with Crippen molar-refractivity contribution in [2.75, 3.05) is 20.0 Å². The Labute approximate surface area is 179 Å². The Bertz CT molecular complexity index is 848. The number of sulfonamides is 1. The first-order valence-corrected chi connectivity index (χ1v) is 12.7. The predicted octanol–water partition coefficient (Wildman–Crippen LogP) is 3.02. The molecule has 2 saturated carbocycles. The molecule has 2 aliphatic carbocycles. The molecule has 1 aromatic carbocycles. The van der Waals surface area contributed by atoms with E-state index in [1.165, 1.54) is 12.7 Å². The number of ether oxygens (including phenoxy) is 2. The van der Waals surface area contributed by atoms with Crippen LogP contribution in [0.5, 0.6) is 0 Å².